The smallest absolute Gasteiger partial charge is 0.225 e. The molecular formula is C12H19IN4. The lowest BCUT2D eigenvalue weighted by atomic mass is 9.97. The molecule has 0 N–H and O–H groups in total. The highest BCUT2D eigenvalue weighted by molar-refractivity contribution is 14.1. The zero-order valence-electron chi connectivity index (χ0n) is 10.4. The third-order valence-electron chi connectivity index (χ3n) is 3.32. The zero-order valence-corrected chi connectivity index (χ0v) is 12.6. The highest BCUT2D eigenvalue weighted by atomic mass is 127. The van der Waals surface area contributed by atoms with Crippen LogP contribution in [0.1, 0.15) is 12.8 Å². The normalized spacial score (nSPS) is 18.3. The Kier molecular flexibility index (Phi) is 4.55. The number of hydrogen-bond acceptors (Lipinski definition) is 4. The van der Waals surface area contributed by atoms with Crippen molar-refractivity contribution in [2.45, 2.75) is 12.8 Å². The van der Waals surface area contributed by atoms with Gasteiger partial charge in [0.25, 0.3) is 0 Å². The summed E-state index contributed by atoms with van der Waals surface area (Å²) in [5, 5.41) is 0. The molecule has 17 heavy (non-hydrogen) atoms. The van der Waals surface area contributed by atoms with Gasteiger partial charge in [-0.1, -0.05) is 0 Å². The average Bonchev–Trinajstić information content (AvgIpc) is 2.33. The van der Waals surface area contributed by atoms with Crippen LogP contribution in [0.15, 0.2) is 12.4 Å². The van der Waals surface area contributed by atoms with E-state index in [0.29, 0.717) is 0 Å². The van der Waals surface area contributed by atoms with Gasteiger partial charge in [-0.3, -0.25) is 0 Å². The van der Waals surface area contributed by atoms with E-state index in [2.05, 4.69) is 56.5 Å². The molecule has 94 valence electrons. The largest absolute Gasteiger partial charge is 0.344 e. The van der Waals surface area contributed by atoms with E-state index < -0.39 is 0 Å². The predicted molar refractivity (Wildman–Crippen MR) is 78.2 cm³/mol. The first-order valence-electron chi connectivity index (χ1n) is 6.02. The third kappa shape index (κ3) is 3.77. The maximum atomic E-state index is 4.36. The minimum absolute atomic E-state index is 0.777. The second-order valence-electron chi connectivity index (χ2n) is 4.83. The molecular weight excluding hydrogens is 327 g/mol. The summed E-state index contributed by atoms with van der Waals surface area (Å²) >= 11 is 2.23. The number of anilines is 1. The van der Waals surface area contributed by atoms with Gasteiger partial charge in [-0.25, -0.2) is 9.97 Å². The Morgan fingerprint density at radius 1 is 1.35 bits per heavy atom. The van der Waals surface area contributed by atoms with E-state index >= 15 is 0 Å². The standard InChI is InChI=1S/C12H19IN4/c1-16-5-3-10(4-6-16)9-17(2)12-14-7-11(13)8-15-12/h7-8,10H,3-6,9H2,1-2H3. The van der Waals surface area contributed by atoms with Crippen molar-refractivity contribution in [1.29, 1.82) is 0 Å². The van der Waals surface area contributed by atoms with Crippen LogP contribution in [0.3, 0.4) is 0 Å². The Labute approximate surface area is 117 Å². The summed E-state index contributed by atoms with van der Waals surface area (Å²) in [7, 11) is 4.28. The number of nitrogens with zero attached hydrogens (tertiary/aromatic N) is 4. The van der Waals surface area contributed by atoms with Gasteiger partial charge in [0, 0.05) is 29.6 Å². The molecule has 1 saturated heterocycles. The molecule has 0 spiro atoms. The molecule has 4 nitrogen and oxygen atoms in total. The Morgan fingerprint density at radius 3 is 2.53 bits per heavy atom. The second-order valence-corrected chi connectivity index (χ2v) is 6.07. The Hall–Kier alpha value is -0.430. The van der Waals surface area contributed by atoms with Crippen LogP contribution >= 0.6 is 22.6 Å². The molecule has 1 aromatic rings. The molecule has 0 radical (unpaired) electrons. The third-order valence-corrected chi connectivity index (χ3v) is 3.88. The van der Waals surface area contributed by atoms with Crippen LogP contribution in [0.2, 0.25) is 0 Å². The monoisotopic (exact) mass is 346 g/mol. The van der Waals surface area contributed by atoms with Crippen LogP contribution < -0.4 is 4.90 Å². The molecule has 0 bridgehead atoms. The number of halogens is 1. The van der Waals surface area contributed by atoms with Gasteiger partial charge in [-0.15, -0.1) is 0 Å². The molecule has 1 aliphatic rings. The summed E-state index contributed by atoms with van der Waals surface area (Å²) in [6.07, 6.45) is 6.30. The number of rotatable bonds is 3. The minimum Gasteiger partial charge on any atom is -0.344 e. The van der Waals surface area contributed by atoms with Crippen LogP contribution in [0.4, 0.5) is 5.95 Å². The number of aromatic nitrogens is 2. The average molecular weight is 346 g/mol. The fraction of sp³-hybridized carbons (Fsp3) is 0.667. The molecule has 0 amide bonds. The summed E-state index contributed by atoms with van der Waals surface area (Å²) in [6, 6.07) is 0. The first-order valence-corrected chi connectivity index (χ1v) is 7.10. The van der Waals surface area contributed by atoms with E-state index in [1.165, 1.54) is 25.9 Å². The van der Waals surface area contributed by atoms with Crippen molar-refractivity contribution in [2.24, 2.45) is 5.92 Å². The highest BCUT2D eigenvalue weighted by Crippen LogP contribution is 2.18. The summed E-state index contributed by atoms with van der Waals surface area (Å²) in [4.78, 5) is 13.3. The molecule has 2 heterocycles. The van der Waals surface area contributed by atoms with E-state index in [-0.39, 0.29) is 0 Å². The summed E-state index contributed by atoms with van der Waals surface area (Å²) in [5.41, 5.74) is 0. The van der Waals surface area contributed by atoms with Crippen molar-refractivity contribution in [1.82, 2.24) is 14.9 Å². The van der Waals surface area contributed by atoms with E-state index in [1.807, 2.05) is 12.4 Å². The van der Waals surface area contributed by atoms with E-state index in [9.17, 15) is 0 Å². The van der Waals surface area contributed by atoms with E-state index in [1.54, 1.807) is 0 Å². The zero-order chi connectivity index (χ0) is 12.3. The SMILES string of the molecule is CN1CCC(CN(C)c2ncc(I)cn2)CC1. The molecule has 1 aromatic heterocycles. The molecule has 0 aromatic carbocycles. The van der Waals surface area contributed by atoms with E-state index in [0.717, 1.165) is 22.0 Å². The maximum absolute atomic E-state index is 4.36. The van der Waals surface area contributed by atoms with Gasteiger partial charge < -0.3 is 9.80 Å². The van der Waals surface area contributed by atoms with Gasteiger partial charge >= 0.3 is 0 Å². The second kappa shape index (κ2) is 5.95. The topological polar surface area (TPSA) is 32.3 Å². The number of piperidine rings is 1. The Bertz CT molecular complexity index is 346. The summed E-state index contributed by atoms with van der Waals surface area (Å²) in [5.74, 6) is 1.61. The molecule has 0 aliphatic carbocycles. The highest BCUT2D eigenvalue weighted by Gasteiger charge is 2.18. The quantitative estimate of drug-likeness (QED) is 0.782. The molecule has 2 rings (SSSR count). The Morgan fingerprint density at radius 2 is 1.94 bits per heavy atom. The molecule has 0 saturated carbocycles. The van der Waals surface area contributed by atoms with Crippen molar-refractivity contribution < 1.29 is 0 Å². The fourth-order valence-electron chi connectivity index (χ4n) is 2.22. The van der Waals surface area contributed by atoms with Crippen molar-refractivity contribution in [3.63, 3.8) is 0 Å². The summed E-state index contributed by atoms with van der Waals surface area (Å²) in [6.45, 7) is 3.49. The van der Waals surface area contributed by atoms with Gasteiger partial charge in [0.15, 0.2) is 0 Å². The fourth-order valence-corrected chi connectivity index (χ4v) is 2.49. The predicted octanol–water partition coefficient (Wildman–Crippen LogP) is 1.86. The first kappa shape index (κ1) is 13.0. The molecule has 0 unspecified atom stereocenters. The van der Waals surface area contributed by atoms with Gasteiger partial charge in [-0.2, -0.15) is 0 Å². The summed E-state index contributed by atoms with van der Waals surface area (Å²) < 4.78 is 1.08. The molecule has 0 atom stereocenters. The van der Waals surface area contributed by atoms with Crippen LogP contribution in [-0.4, -0.2) is 48.6 Å². The lowest BCUT2D eigenvalue weighted by Crippen LogP contribution is -2.36. The van der Waals surface area contributed by atoms with Crippen LogP contribution in [0, 0.1) is 9.49 Å². The van der Waals surface area contributed by atoms with Crippen LogP contribution in [-0.2, 0) is 0 Å². The van der Waals surface area contributed by atoms with Gasteiger partial charge in [0.2, 0.25) is 5.95 Å². The van der Waals surface area contributed by atoms with Crippen molar-refractivity contribution in [3.05, 3.63) is 16.0 Å². The minimum atomic E-state index is 0.777. The van der Waals surface area contributed by atoms with Crippen LogP contribution in [0.5, 0.6) is 0 Å². The molecule has 1 aliphatic heterocycles. The van der Waals surface area contributed by atoms with Crippen LogP contribution in [0.25, 0.3) is 0 Å². The van der Waals surface area contributed by atoms with E-state index in [4.69, 9.17) is 0 Å². The Balaban J connectivity index is 1.88. The van der Waals surface area contributed by atoms with Gasteiger partial charge in [0.1, 0.15) is 0 Å². The number of hydrogen-bond donors (Lipinski definition) is 0. The van der Waals surface area contributed by atoms with Crippen molar-refractivity contribution in [2.75, 3.05) is 38.6 Å². The van der Waals surface area contributed by atoms with Gasteiger partial charge in [0.05, 0.1) is 0 Å². The van der Waals surface area contributed by atoms with Crippen molar-refractivity contribution in [3.8, 4) is 0 Å². The first-order chi connectivity index (χ1) is 8.15. The van der Waals surface area contributed by atoms with Crippen molar-refractivity contribution >= 4 is 28.5 Å². The molecule has 5 heteroatoms. The lowest BCUT2D eigenvalue weighted by molar-refractivity contribution is 0.222. The lowest BCUT2D eigenvalue weighted by Gasteiger charge is -2.31. The molecule has 1 fully saturated rings. The van der Waals surface area contributed by atoms with Gasteiger partial charge in [-0.05, 0) is 61.5 Å². The maximum Gasteiger partial charge on any atom is 0.225 e. The number of likely N-dealkylation sites (tertiary alicyclic amines) is 1.